The van der Waals surface area contributed by atoms with Gasteiger partial charge >= 0.3 is 0 Å². The number of carbonyl (C=O) groups excluding carboxylic acids is 1. The zero-order valence-electron chi connectivity index (χ0n) is 13.1. The Balaban J connectivity index is 1.69. The Kier molecular flexibility index (Phi) is 4.82. The van der Waals surface area contributed by atoms with E-state index < -0.39 is 10.0 Å². The van der Waals surface area contributed by atoms with Crippen molar-refractivity contribution in [1.29, 1.82) is 0 Å². The highest BCUT2D eigenvalue weighted by atomic mass is 32.2. The molecule has 1 saturated heterocycles. The van der Waals surface area contributed by atoms with Gasteiger partial charge in [-0.25, -0.2) is 8.42 Å². The van der Waals surface area contributed by atoms with Crippen LogP contribution in [0.25, 0.3) is 0 Å². The summed E-state index contributed by atoms with van der Waals surface area (Å²) in [5.41, 5.74) is 0.756. The molecule has 0 bridgehead atoms. The molecule has 0 atom stereocenters. The van der Waals surface area contributed by atoms with Crippen molar-refractivity contribution in [2.45, 2.75) is 30.6 Å². The zero-order chi connectivity index (χ0) is 16.3. The number of likely N-dealkylation sites (tertiary alicyclic amines) is 1. The van der Waals surface area contributed by atoms with Gasteiger partial charge in [-0.15, -0.1) is 0 Å². The number of hydrogen-bond acceptors (Lipinski definition) is 3. The van der Waals surface area contributed by atoms with Crippen LogP contribution in [0.1, 0.15) is 25.7 Å². The van der Waals surface area contributed by atoms with Crippen molar-refractivity contribution in [3.05, 3.63) is 42.0 Å². The summed E-state index contributed by atoms with van der Waals surface area (Å²) in [7, 11) is -3.47. The van der Waals surface area contributed by atoms with Gasteiger partial charge in [0, 0.05) is 31.8 Å². The molecule has 3 rings (SSSR count). The van der Waals surface area contributed by atoms with Gasteiger partial charge < -0.3 is 4.90 Å². The number of amides is 1. The average molecular weight is 334 g/mol. The molecule has 0 saturated carbocycles. The normalized spacial score (nSPS) is 20.2. The van der Waals surface area contributed by atoms with Gasteiger partial charge in [-0.1, -0.05) is 24.3 Å². The molecule has 1 aromatic rings. The molecular formula is C17H22N2O3S. The van der Waals surface area contributed by atoms with E-state index in [2.05, 4.69) is 0 Å². The third kappa shape index (κ3) is 3.48. The molecule has 0 spiro atoms. The molecule has 2 aliphatic heterocycles. The predicted octanol–water partition coefficient (Wildman–Crippen LogP) is 2.02. The Labute approximate surface area is 137 Å². The van der Waals surface area contributed by atoms with Gasteiger partial charge in [-0.3, -0.25) is 4.79 Å². The van der Waals surface area contributed by atoms with E-state index in [0.717, 1.165) is 31.5 Å². The molecule has 5 nitrogen and oxygen atoms in total. The topological polar surface area (TPSA) is 57.7 Å². The van der Waals surface area contributed by atoms with E-state index in [1.54, 1.807) is 36.4 Å². The minimum Gasteiger partial charge on any atom is -0.339 e. The van der Waals surface area contributed by atoms with Crippen molar-refractivity contribution in [2.24, 2.45) is 0 Å². The Bertz CT molecular complexity index is 692. The molecule has 1 amide bonds. The molecule has 0 aromatic heterocycles. The molecular weight excluding hydrogens is 312 g/mol. The summed E-state index contributed by atoms with van der Waals surface area (Å²) in [6.45, 7) is 2.28. The zero-order valence-corrected chi connectivity index (χ0v) is 14.0. The highest BCUT2D eigenvalue weighted by Gasteiger charge is 2.29. The van der Waals surface area contributed by atoms with Gasteiger partial charge in [0.15, 0.2) is 0 Å². The molecule has 6 heteroatoms. The van der Waals surface area contributed by atoms with E-state index >= 15 is 0 Å². The second-order valence-corrected chi connectivity index (χ2v) is 7.95. The van der Waals surface area contributed by atoms with E-state index in [0.29, 0.717) is 17.9 Å². The summed E-state index contributed by atoms with van der Waals surface area (Å²) >= 11 is 0. The first-order valence-corrected chi connectivity index (χ1v) is 9.56. The van der Waals surface area contributed by atoms with Crippen molar-refractivity contribution >= 4 is 15.9 Å². The van der Waals surface area contributed by atoms with E-state index in [9.17, 15) is 13.2 Å². The van der Waals surface area contributed by atoms with Crippen LogP contribution in [0.4, 0.5) is 0 Å². The fourth-order valence-corrected chi connectivity index (χ4v) is 4.51. The maximum absolute atomic E-state index is 12.6. The third-order valence-corrected chi connectivity index (χ3v) is 6.35. The maximum Gasteiger partial charge on any atom is 0.249 e. The first-order valence-electron chi connectivity index (χ1n) is 8.12. The second kappa shape index (κ2) is 6.84. The Morgan fingerprint density at radius 3 is 2.26 bits per heavy atom. The van der Waals surface area contributed by atoms with Crippen LogP contribution in [0.3, 0.4) is 0 Å². The number of benzene rings is 1. The van der Waals surface area contributed by atoms with Gasteiger partial charge in [0.1, 0.15) is 0 Å². The first kappa shape index (κ1) is 16.2. The van der Waals surface area contributed by atoms with Gasteiger partial charge in [0.25, 0.3) is 0 Å². The number of rotatable bonds is 3. The minimum atomic E-state index is -3.47. The summed E-state index contributed by atoms with van der Waals surface area (Å²) in [6, 6.07) is 8.45. The summed E-state index contributed by atoms with van der Waals surface area (Å²) < 4.78 is 26.6. The molecule has 1 fully saturated rings. The number of piperidine rings is 1. The molecule has 1 aromatic carbocycles. The van der Waals surface area contributed by atoms with E-state index in [4.69, 9.17) is 0 Å². The molecule has 2 heterocycles. The number of carbonyl (C=O) groups is 1. The lowest BCUT2D eigenvalue weighted by Crippen LogP contribution is -2.40. The molecule has 0 N–H and O–H groups in total. The van der Waals surface area contributed by atoms with Gasteiger partial charge in [0.2, 0.25) is 15.9 Å². The standard InChI is InChI=1S/C17H22N2O3S/c20-17(18-11-5-2-6-12-18)15-9-13-19(14-10-15)23(21,22)16-7-3-1-4-8-16/h1,3-4,7-9H,2,5-6,10-14H2. The number of nitrogens with zero attached hydrogens (tertiary/aromatic N) is 2. The fraction of sp³-hybridized carbons (Fsp3) is 0.471. The van der Waals surface area contributed by atoms with Crippen LogP contribution in [0, 0.1) is 0 Å². The minimum absolute atomic E-state index is 0.0847. The highest BCUT2D eigenvalue weighted by Crippen LogP contribution is 2.22. The monoisotopic (exact) mass is 334 g/mol. The lowest BCUT2D eigenvalue weighted by atomic mass is 10.1. The van der Waals surface area contributed by atoms with Crippen LogP contribution in [0.15, 0.2) is 46.9 Å². The van der Waals surface area contributed by atoms with E-state index in [-0.39, 0.29) is 12.5 Å². The summed E-state index contributed by atoms with van der Waals surface area (Å²) in [5, 5.41) is 0. The van der Waals surface area contributed by atoms with Gasteiger partial charge in [0.05, 0.1) is 4.90 Å². The lowest BCUT2D eigenvalue weighted by Gasteiger charge is -2.30. The second-order valence-electron chi connectivity index (χ2n) is 6.01. The average Bonchev–Trinajstić information content (AvgIpc) is 2.63. The third-order valence-electron chi connectivity index (χ3n) is 4.47. The van der Waals surface area contributed by atoms with Crippen molar-refractivity contribution in [1.82, 2.24) is 9.21 Å². The lowest BCUT2D eigenvalue weighted by molar-refractivity contribution is -0.128. The van der Waals surface area contributed by atoms with Crippen molar-refractivity contribution in [3.63, 3.8) is 0 Å². The first-order chi connectivity index (χ1) is 11.1. The molecule has 23 heavy (non-hydrogen) atoms. The van der Waals surface area contributed by atoms with E-state index in [1.807, 2.05) is 4.90 Å². The smallest absolute Gasteiger partial charge is 0.249 e. The Hall–Kier alpha value is -1.66. The molecule has 2 aliphatic rings. The van der Waals surface area contributed by atoms with Crippen LogP contribution in [-0.4, -0.2) is 49.7 Å². The Morgan fingerprint density at radius 2 is 1.65 bits per heavy atom. The molecule has 124 valence electrons. The SMILES string of the molecule is O=C(C1=CCN(S(=O)(=O)c2ccccc2)CC1)N1CCCCC1. The molecule has 0 unspecified atom stereocenters. The summed E-state index contributed by atoms with van der Waals surface area (Å²) in [6.07, 6.45) is 5.58. The quantitative estimate of drug-likeness (QED) is 0.850. The van der Waals surface area contributed by atoms with E-state index in [1.165, 1.54) is 10.7 Å². The number of hydrogen-bond donors (Lipinski definition) is 0. The summed E-state index contributed by atoms with van der Waals surface area (Å²) in [5.74, 6) is 0.0847. The van der Waals surface area contributed by atoms with Crippen LogP contribution < -0.4 is 0 Å². The van der Waals surface area contributed by atoms with Gasteiger partial charge in [-0.05, 0) is 37.8 Å². The molecule has 0 radical (unpaired) electrons. The van der Waals surface area contributed by atoms with Crippen LogP contribution in [0.5, 0.6) is 0 Å². The Morgan fingerprint density at radius 1 is 0.957 bits per heavy atom. The van der Waals surface area contributed by atoms with Gasteiger partial charge in [-0.2, -0.15) is 4.31 Å². The number of sulfonamides is 1. The highest BCUT2D eigenvalue weighted by molar-refractivity contribution is 7.89. The van der Waals surface area contributed by atoms with Crippen molar-refractivity contribution in [3.8, 4) is 0 Å². The van der Waals surface area contributed by atoms with Crippen molar-refractivity contribution in [2.75, 3.05) is 26.2 Å². The van der Waals surface area contributed by atoms with Crippen LogP contribution in [-0.2, 0) is 14.8 Å². The van der Waals surface area contributed by atoms with Crippen LogP contribution in [0.2, 0.25) is 0 Å². The maximum atomic E-state index is 12.6. The van der Waals surface area contributed by atoms with Crippen molar-refractivity contribution < 1.29 is 13.2 Å². The van der Waals surface area contributed by atoms with Crippen LogP contribution >= 0.6 is 0 Å². The molecule has 0 aliphatic carbocycles. The largest absolute Gasteiger partial charge is 0.339 e. The predicted molar refractivity (Wildman–Crippen MR) is 88.3 cm³/mol. The summed E-state index contributed by atoms with van der Waals surface area (Å²) in [4.78, 5) is 14.7. The fourth-order valence-electron chi connectivity index (χ4n) is 3.10.